The Labute approximate surface area is 266 Å². The van der Waals surface area contributed by atoms with E-state index < -0.39 is 21.5 Å². The van der Waals surface area contributed by atoms with E-state index in [0.717, 1.165) is 42.4 Å². The summed E-state index contributed by atoms with van der Waals surface area (Å²) in [6.07, 6.45) is 14.7. The molecule has 6 aromatic heterocycles. The SMILES string of the molecule is Cc1nccc2c3cnc(N)nc3n(C3CCCC3)c12.Nc1ncc2c3ccnc(OS(=O)(=O)C(F)(F)F)c3n(C3CCCC3)c2n1. The molecule has 0 aromatic carbocycles. The molecule has 2 saturated carbocycles. The molecular formula is C30H31F3N10O3S. The smallest absolute Gasteiger partial charge is 0.368 e. The zero-order chi connectivity index (χ0) is 33.1. The number of halogens is 3. The van der Waals surface area contributed by atoms with Crippen LogP contribution in [-0.4, -0.2) is 53.0 Å². The van der Waals surface area contributed by atoms with Crippen molar-refractivity contribution in [3.8, 4) is 5.88 Å². The number of nitrogens with two attached hydrogens (primary N) is 2. The number of nitrogen functional groups attached to an aromatic ring is 2. The maximum Gasteiger partial charge on any atom is 0.534 e. The van der Waals surface area contributed by atoms with Crippen LogP contribution in [0.1, 0.15) is 69.1 Å². The maximum absolute atomic E-state index is 12.8. The Balaban J connectivity index is 0.000000156. The van der Waals surface area contributed by atoms with Gasteiger partial charge in [-0.25, -0.2) is 15.0 Å². The number of anilines is 2. The molecule has 2 aliphatic rings. The van der Waals surface area contributed by atoms with Crippen LogP contribution in [0.25, 0.3) is 43.9 Å². The molecule has 0 spiro atoms. The number of fused-ring (bicyclic) bond motifs is 6. The van der Waals surface area contributed by atoms with Crippen molar-refractivity contribution >= 4 is 65.9 Å². The number of hydrogen-bond acceptors (Lipinski definition) is 11. The molecule has 0 saturated heterocycles. The van der Waals surface area contributed by atoms with E-state index in [9.17, 15) is 21.6 Å². The standard InChI is InChI=1S/C15H14F3N5O3S.C15H17N5/c16-15(17,18)27(24,25)26-13-11-9(5-6-20-13)10-7-21-14(19)22-12(10)23(11)8-3-1-2-4-8;1-9-13-11(6-7-17-9)12-8-18-15(16)19-14(12)20(13)10-4-2-3-5-10/h5-8H,1-4H2,(H2,19,21,22);6-8,10H,2-5H2,1H3,(H2,16,18,19). The zero-order valence-corrected chi connectivity index (χ0v) is 26.1. The highest BCUT2D eigenvalue weighted by Crippen LogP contribution is 2.42. The van der Waals surface area contributed by atoms with Crippen LogP contribution in [0.3, 0.4) is 0 Å². The van der Waals surface area contributed by atoms with Crippen LogP contribution < -0.4 is 15.7 Å². The molecule has 0 radical (unpaired) electrons. The van der Waals surface area contributed by atoms with Crippen LogP contribution in [-0.2, 0) is 10.1 Å². The Kier molecular flexibility index (Phi) is 7.52. The Morgan fingerprint density at radius 3 is 1.72 bits per heavy atom. The summed E-state index contributed by atoms with van der Waals surface area (Å²) in [4.78, 5) is 25.0. The highest BCUT2D eigenvalue weighted by atomic mass is 32.2. The first-order valence-electron chi connectivity index (χ1n) is 15.2. The van der Waals surface area contributed by atoms with Gasteiger partial charge in [0.05, 0.1) is 11.2 Å². The highest BCUT2D eigenvalue weighted by Gasteiger charge is 2.49. The summed E-state index contributed by atoms with van der Waals surface area (Å²) in [6.45, 7) is 2.06. The van der Waals surface area contributed by atoms with Crippen molar-refractivity contribution in [2.75, 3.05) is 11.5 Å². The normalized spacial score (nSPS) is 16.4. The molecule has 6 aromatic rings. The third kappa shape index (κ3) is 5.31. The summed E-state index contributed by atoms with van der Waals surface area (Å²) in [5.74, 6) is -0.304. The van der Waals surface area contributed by atoms with Crippen LogP contribution >= 0.6 is 0 Å². The highest BCUT2D eigenvalue weighted by molar-refractivity contribution is 7.88. The van der Waals surface area contributed by atoms with Crippen molar-refractivity contribution < 1.29 is 25.8 Å². The summed E-state index contributed by atoms with van der Waals surface area (Å²) >= 11 is 0. The average molecular weight is 669 g/mol. The number of hydrogen-bond donors (Lipinski definition) is 2. The van der Waals surface area contributed by atoms with E-state index in [0.29, 0.717) is 28.4 Å². The van der Waals surface area contributed by atoms with Gasteiger partial charge in [0, 0.05) is 58.4 Å². The second-order valence-electron chi connectivity index (χ2n) is 11.8. The van der Waals surface area contributed by atoms with Gasteiger partial charge < -0.3 is 24.8 Å². The Morgan fingerprint density at radius 1 is 0.745 bits per heavy atom. The van der Waals surface area contributed by atoms with Crippen LogP contribution in [0.15, 0.2) is 36.9 Å². The van der Waals surface area contributed by atoms with Crippen molar-refractivity contribution in [1.82, 2.24) is 39.0 Å². The van der Waals surface area contributed by atoms with Gasteiger partial charge >= 0.3 is 15.6 Å². The molecule has 2 aliphatic carbocycles. The van der Waals surface area contributed by atoms with Gasteiger partial charge in [-0.05, 0) is 44.7 Å². The third-order valence-electron chi connectivity index (χ3n) is 8.94. The fraction of sp³-hybridized carbons (Fsp3) is 0.400. The second kappa shape index (κ2) is 11.5. The topological polar surface area (TPSA) is 183 Å². The molecule has 0 amide bonds. The van der Waals surface area contributed by atoms with E-state index in [1.54, 1.807) is 10.6 Å². The van der Waals surface area contributed by atoms with E-state index in [2.05, 4.69) is 51.6 Å². The van der Waals surface area contributed by atoms with Gasteiger partial charge in [0.1, 0.15) is 16.8 Å². The quantitative estimate of drug-likeness (QED) is 0.169. The minimum Gasteiger partial charge on any atom is -0.368 e. The Bertz CT molecular complexity index is 2260. The monoisotopic (exact) mass is 668 g/mol. The summed E-state index contributed by atoms with van der Waals surface area (Å²) < 4.78 is 69.8. The number of aromatic nitrogens is 8. The summed E-state index contributed by atoms with van der Waals surface area (Å²) in [5.41, 5.74) is 9.65. The van der Waals surface area contributed by atoms with Gasteiger partial charge in [0.2, 0.25) is 11.9 Å². The molecule has 0 atom stereocenters. The molecule has 6 heterocycles. The Hall–Kier alpha value is -4.80. The first-order chi connectivity index (χ1) is 22.4. The summed E-state index contributed by atoms with van der Waals surface area (Å²) in [5, 5.41) is 3.23. The second-order valence-corrected chi connectivity index (χ2v) is 13.4. The lowest BCUT2D eigenvalue weighted by Gasteiger charge is -2.16. The largest absolute Gasteiger partial charge is 0.534 e. The predicted molar refractivity (Wildman–Crippen MR) is 170 cm³/mol. The van der Waals surface area contributed by atoms with Gasteiger partial charge in [-0.1, -0.05) is 25.7 Å². The minimum atomic E-state index is -5.86. The fourth-order valence-electron chi connectivity index (χ4n) is 6.94. The lowest BCUT2D eigenvalue weighted by molar-refractivity contribution is -0.0501. The van der Waals surface area contributed by atoms with Crippen molar-refractivity contribution in [3.63, 3.8) is 0 Å². The predicted octanol–water partition coefficient (Wildman–Crippen LogP) is 5.89. The number of pyridine rings is 2. The van der Waals surface area contributed by atoms with Crippen molar-refractivity contribution in [2.45, 2.75) is 75.9 Å². The van der Waals surface area contributed by atoms with Gasteiger partial charge in [0.15, 0.2) is 0 Å². The number of nitrogens with zero attached hydrogens (tertiary/aromatic N) is 8. The minimum absolute atomic E-state index is 0.00268. The van der Waals surface area contributed by atoms with Crippen molar-refractivity contribution in [1.29, 1.82) is 0 Å². The molecule has 2 fully saturated rings. The van der Waals surface area contributed by atoms with Crippen LogP contribution in [0.5, 0.6) is 5.88 Å². The summed E-state index contributed by atoms with van der Waals surface area (Å²) in [7, 11) is -5.86. The van der Waals surface area contributed by atoms with Crippen LogP contribution in [0.2, 0.25) is 0 Å². The van der Waals surface area contributed by atoms with Crippen molar-refractivity contribution in [3.05, 3.63) is 42.6 Å². The number of rotatable bonds is 4. The molecule has 0 aliphatic heterocycles. The maximum atomic E-state index is 12.8. The summed E-state index contributed by atoms with van der Waals surface area (Å²) in [6, 6.07) is 4.03. The van der Waals surface area contributed by atoms with E-state index in [1.807, 2.05) is 12.4 Å². The number of alkyl halides is 3. The lowest BCUT2D eigenvalue weighted by Crippen LogP contribution is -2.28. The number of aryl methyl sites for hydroxylation is 1. The van der Waals surface area contributed by atoms with E-state index in [1.165, 1.54) is 49.0 Å². The van der Waals surface area contributed by atoms with E-state index in [4.69, 9.17) is 11.5 Å². The van der Waals surface area contributed by atoms with E-state index in [-0.39, 0.29) is 17.5 Å². The van der Waals surface area contributed by atoms with Gasteiger partial charge in [-0.2, -0.15) is 31.6 Å². The molecule has 17 heteroatoms. The molecule has 8 rings (SSSR count). The molecule has 0 bridgehead atoms. The first-order valence-corrected chi connectivity index (χ1v) is 16.6. The molecular weight excluding hydrogens is 637 g/mol. The molecule has 13 nitrogen and oxygen atoms in total. The molecule has 246 valence electrons. The third-order valence-corrected chi connectivity index (χ3v) is 9.89. The average Bonchev–Trinajstić information content (AvgIpc) is 3.82. The van der Waals surface area contributed by atoms with Gasteiger partial charge in [-0.15, -0.1) is 0 Å². The van der Waals surface area contributed by atoms with Crippen molar-refractivity contribution in [2.24, 2.45) is 0 Å². The zero-order valence-electron chi connectivity index (χ0n) is 25.3. The molecule has 4 N–H and O–H groups in total. The van der Waals surface area contributed by atoms with Gasteiger partial charge in [0.25, 0.3) is 5.88 Å². The van der Waals surface area contributed by atoms with Crippen LogP contribution in [0, 0.1) is 6.92 Å². The molecule has 0 unspecified atom stereocenters. The first kappa shape index (κ1) is 30.8. The van der Waals surface area contributed by atoms with Gasteiger partial charge in [-0.3, -0.25) is 4.98 Å². The van der Waals surface area contributed by atoms with Crippen LogP contribution in [0.4, 0.5) is 25.1 Å². The fourth-order valence-corrected chi connectivity index (χ4v) is 7.37. The lowest BCUT2D eigenvalue weighted by atomic mass is 10.2. The van der Waals surface area contributed by atoms with E-state index >= 15 is 0 Å². The molecule has 47 heavy (non-hydrogen) atoms. The Morgan fingerprint density at radius 2 is 1.21 bits per heavy atom.